The molecule has 0 bridgehead atoms. The topological polar surface area (TPSA) is 26.0 Å². The van der Waals surface area contributed by atoms with E-state index in [2.05, 4.69) is 0 Å². The summed E-state index contributed by atoms with van der Waals surface area (Å²) in [6.45, 7) is 0. The SMILES string of the molecule is Nc1c(F)ccc(-c2ccccc2C(F)F)c1F. The Balaban J connectivity index is 2.66. The van der Waals surface area contributed by atoms with Crippen LogP contribution in [-0.4, -0.2) is 0 Å². The van der Waals surface area contributed by atoms with Crippen LogP contribution in [-0.2, 0) is 0 Å². The van der Waals surface area contributed by atoms with Gasteiger partial charge in [-0.05, 0) is 17.7 Å². The van der Waals surface area contributed by atoms with Gasteiger partial charge in [-0.15, -0.1) is 0 Å². The smallest absolute Gasteiger partial charge is 0.264 e. The van der Waals surface area contributed by atoms with Crippen LogP contribution in [0, 0.1) is 11.6 Å². The molecule has 2 rings (SSSR count). The Morgan fingerprint density at radius 1 is 0.889 bits per heavy atom. The van der Waals surface area contributed by atoms with E-state index in [1.165, 1.54) is 24.3 Å². The van der Waals surface area contributed by atoms with E-state index in [1.54, 1.807) is 0 Å². The summed E-state index contributed by atoms with van der Waals surface area (Å²) < 4.78 is 52.4. The summed E-state index contributed by atoms with van der Waals surface area (Å²) >= 11 is 0. The van der Waals surface area contributed by atoms with E-state index in [0.717, 1.165) is 12.1 Å². The molecule has 0 aliphatic rings. The van der Waals surface area contributed by atoms with Gasteiger partial charge in [-0.3, -0.25) is 0 Å². The number of hydrogen-bond acceptors (Lipinski definition) is 1. The summed E-state index contributed by atoms with van der Waals surface area (Å²) in [5.74, 6) is -1.94. The fourth-order valence-corrected chi connectivity index (χ4v) is 1.71. The van der Waals surface area contributed by atoms with Crippen LogP contribution < -0.4 is 5.73 Å². The predicted molar refractivity (Wildman–Crippen MR) is 61.2 cm³/mol. The first-order valence-corrected chi connectivity index (χ1v) is 5.13. The summed E-state index contributed by atoms with van der Waals surface area (Å²) in [6, 6.07) is 7.52. The lowest BCUT2D eigenvalue weighted by atomic mass is 9.99. The van der Waals surface area contributed by atoms with Crippen LogP contribution in [0.1, 0.15) is 12.0 Å². The molecule has 1 nitrogen and oxygen atoms in total. The van der Waals surface area contributed by atoms with Gasteiger partial charge in [-0.1, -0.05) is 24.3 Å². The zero-order valence-electron chi connectivity index (χ0n) is 9.13. The van der Waals surface area contributed by atoms with E-state index in [-0.39, 0.29) is 16.7 Å². The van der Waals surface area contributed by atoms with Crippen molar-refractivity contribution in [2.75, 3.05) is 5.73 Å². The molecule has 94 valence electrons. The highest BCUT2D eigenvalue weighted by molar-refractivity contribution is 5.71. The molecule has 0 heterocycles. The van der Waals surface area contributed by atoms with E-state index in [9.17, 15) is 17.6 Å². The van der Waals surface area contributed by atoms with Crippen molar-refractivity contribution in [2.24, 2.45) is 0 Å². The van der Waals surface area contributed by atoms with Gasteiger partial charge in [0.2, 0.25) is 0 Å². The minimum atomic E-state index is -2.74. The second-order valence-electron chi connectivity index (χ2n) is 3.71. The van der Waals surface area contributed by atoms with Crippen molar-refractivity contribution >= 4 is 5.69 Å². The Bertz CT molecular complexity index is 581. The summed E-state index contributed by atoms with van der Waals surface area (Å²) in [6.07, 6.45) is -2.74. The molecule has 0 unspecified atom stereocenters. The van der Waals surface area contributed by atoms with Crippen molar-refractivity contribution in [1.82, 2.24) is 0 Å². The molecular weight excluding hydrogens is 246 g/mol. The van der Waals surface area contributed by atoms with E-state index >= 15 is 0 Å². The Morgan fingerprint density at radius 2 is 1.56 bits per heavy atom. The number of alkyl halides is 2. The lowest BCUT2D eigenvalue weighted by molar-refractivity contribution is 0.152. The first-order chi connectivity index (χ1) is 8.52. The molecule has 0 amide bonds. The second kappa shape index (κ2) is 4.68. The highest BCUT2D eigenvalue weighted by atomic mass is 19.3. The molecule has 0 fully saturated rings. The van der Waals surface area contributed by atoms with Gasteiger partial charge in [0.1, 0.15) is 11.5 Å². The third-order valence-corrected chi connectivity index (χ3v) is 2.61. The van der Waals surface area contributed by atoms with Crippen LogP contribution in [0.25, 0.3) is 11.1 Å². The monoisotopic (exact) mass is 255 g/mol. The first kappa shape index (κ1) is 12.4. The molecule has 2 N–H and O–H groups in total. The molecule has 18 heavy (non-hydrogen) atoms. The number of benzene rings is 2. The maximum atomic E-state index is 13.8. The average molecular weight is 255 g/mol. The van der Waals surface area contributed by atoms with Crippen LogP contribution in [0.4, 0.5) is 23.2 Å². The molecular formula is C13H9F4N. The highest BCUT2D eigenvalue weighted by Gasteiger charge is 2.18. The molecule has 0 aromatic heterocycles. The lowest BCUT2D eigenvalue weighted by Crippen LogP contribution is -1.99. The Morgan fingerprint density at radius 3 is 2.22 bits per heavy atom. The molecule has 0 aliphatic heterocycles. The molecule has 2 aromatic rings. The number of anilines is 1. The molecule has 0 saturated heterocycles. The van der Waals surface area contributed by atoms with Gasteiger partial charge in [0, 0.05) is 11.1 Å². The Hall–Kier alpha value is -2.04. The molecule has 0 radical (unpaired) electrons. The zero-order valence-corrected chi connectivity index (χ0v) is 9.13. The van der Waals surface area contributed by atoms with Gasteiger partial charge in [0.25, 0.3) is 6.43 Å². The lowest BCUT2D eigenvalue weighted by Gasteiger charge is -2.11. The minimum Gasteiger partial charge on any atom is -0.394 e. The zero-order chi connectivity index (χ0) is 13.3. The highest BCUT2D eigenvalue weighted by Crippen LogP contribution is 2.34. The van der Waals surface area contributed by atoms with Gasteiger partial charge in [0.15, 0.2) is 5.82 Å². The van der Waals surface area contributed by atoms with E-state index < -0.39 is 23.7 Å². The number of nitrogens with two attached hydrogens (primary N) is 1. The molecule has 0 spiro atoms. The average Bonchev–Trinajstić information content (AvgIpc) is 2.36. The molecule has 0 atom stereocenters. The minimum absolute atomic E-state index is 0.0108. The fourth-order valence-electron chi connectivity index (χ4n) is 1.71. The Kier molecular flexibility index (Phi) is 3.23. The quantitative estimate of drug-likeness (QED) is 0.633. The van der Waals surface area contributed by atoms with Crippen molar-refractivity contribution in [3.63, 3.8) is 0 Å². The van der Waals surface area contributed by atoms with E-state index in [4.69, 9.17) is 5.73 Å². The third kappa shape index (κ3) is 2.03. The number of nitrogen functional groups attached to an aromatic ring is 1. The number of rotatable bonds is 2. The summed E-state index contributed by atoms with van der Waals surface area (Å²) in [5.41, 5.74) is 4.10. The first-order valence-electron chi connectivity index (χ1n) is 5.13. The van der Waals surface area contributed by atoms with Crippen LogP contribution >= 0.6 is 0 Å². The van der Waals surface area contributed by atoms with E-state index in [1.807, 2.05) is 0 Å². The van der Waals surface area contributed by atoms with Gasteiger partial charge in [0.05, 0.1) is 0 Å². The second-order valence-corrected chi connectivity index (χ2v) is 3.71. The summed E-state index contributed by atoms with van der Waals surface area (Å²) in [4.78, 5) is 0. The normalized spacial score (nSPS) is 10.9. The number of hydrogen-bond donors (Lipinski definition) is 1. The van der Waals surface area contributed by atoms with Crippen molar-refractivity contribution in [1.29, 1.82) is 0 Å². The van der Waals surface area contributed by atoms with Crippen molar-refractivity contribution < 1.29 is 17.6 Å². The molecule has 0 saturated carbocycles. The fraction of sp³-hybridized carbons (Fsp3) is 0.0769. The van der Waals surface area contributed by atoms with Crippen LogP contribution in [0.2, 0.25) is 0 Å². The van der Waals surface area contributed by atoms with Gasteiger partial charge in [-0.25, -0.2) is 17.6 Å². The van der Waals surface area contributed by atoms with Crippen LogP contribution in [0.5, 0.6) is 0 Å². The van der Waals surface area contributed by atoms with Gasteiger partial charge < -0.3 is 5.73 Å². The van der Waals surface area contributed by atoms with Crippen molar-refractivity contribution in [3.8, 4) is 11.1 Å². The maximum Gasteiger partial charge on any atom is 0.264 e. The summed E-state index contributed by atoms with van der Waals surface area (Å²) in [5, 5.41) is 0. The standard InChI is InChI=1S/C13H9F4N/c14-10-6-5-8(11(15)12(10)18)7-3-1-2-4-9(7)13(16)17/h1-6,13H,18H2. The largest absolute Gasteiger partial charge is 0.394 e. The Labute approximate surface area is 101 Å². The predicted octanol–water partition coefficient (Wildman–Crippen LogP) is 4.15. The molecule has 0 aliphatic carbocycles. The van der Waals surface area contributed by atoms with E-state index in [0.29, 0.717) is 0 Å². The van der Waals surface area contributed by atoms with Crippen molar-refractivity contribution in [2.45, 2.75) is 6.43 Å². The molecule has 2 aromatic carbocycles. The maximum absolute atomic E-state index is 13.8. The third-order valence-electron chi connectivity index (χ3n) is 2.61. The van der Waals surface area contributed by atoms with Gasteiger partial charge >= 0.3 is 0 Å². The van der Waals surface area contributed by atoms with Gasteiger partial charge in [-0.2, -0.15) is 0 Å². The summed E-state index contributed by atoms with van der Waals surface area (Å²) in [7, 11) is 0. The van der Waals surface area contributed by atoms with Crippen molar-refractivity contribution in [3.05, 3.63) is 53.6 Å². The van der Waals surface area contributed by atoms with Crippen LogP contribution in [0.15, 0.2) is 36.4 Å². The number of halogens is 4. The van der Waals surface area contributed by atoms with Crippen LogP contribution in [0.3, 0.4) is 0 Å². The molecule has 5 heteroatoms.